The largest absolute Gasteiger partial charge is 0.493 e. The number of rotatable bonds is 6. The molecule has 0 spiro atoms. The Morgan fingerprint density at radius 1 is 1.36 bits per heavy atom. The molecule has 3 rings (SSSR count). The van der Waals surface area contributed by atoms with E-state index in [4.69, 9.17) is 24.2 Å². The summed E-state index contributed by atoms with van der Waals surface area (Å²) in [5, 5.41) is 13.5. The van der Waals surface area contributed by atoms with E-state index in [-0.39, 0.29) is 0 Å². The molecule has 0 fully saturated rings. The van der Waals surface area contributed by atoms with Gasteiger partial charge in [-0.1, -0.05) is 0 Å². The minimum Gasteiger partial charge on any atom is -0.493 e. The standard InChI is InChI=1S/C19H16N2O6S/c1-24-14-8-12(9-15-18(14)26-6-5-25-15)2-3-17(23)27-11-16(22)21-19-13(10-20)4-7-28-19/h2-4,7-9H,5-6,11H2,1H3,(H,21,22)/b3-2+. The van der Waals surface area contributed by atoms with Crippen molar-refractivity contribution >= 4 is 34.3 Å². The van der Waals surface area contributed by atoms with E-state index < -0.39 is 18.5 Å². The Balaban J connectivity index is 1.57. The Morgan fingerprint density at radius 3 is 2.96 bits per heavy atom. The van der Waals surface area contributed by atoms with Crippen LogP contribution in [0.2, 0.25) is 0 Å². The van der Waals surface area contributed by atoms with Gasteiger partial charge in [-0.15, -0.1) is 11.3 Å². The molecule has 1 aliphatic heterocycles. The van der Waals surface area contributed by atoms with E-state index in [0.29, 0.717) is 46.6 Å². The second kappa shape index (κ2) is 8.92. The van der Waals surface area contributed by atoms with E-state index in [1.807, 2.05) is 6.07 Å². The van der Waals surface area contributed by atoms with Gasteiger partial charge in [-0.05, 0) is 35.2 Å². The highest BCUT2D eigenvalue weighted by Crippen LogP contribution is 2.40. The number of carbonyl (C=O) groups is 2. The summed E-state index contributed by atoms with van der Waals surface area (Å²) < 4.78 is 21.2. The summed E-state index contributed by atoms with van der Waals surface area (Å²) in [5.41, 5.74) is 1.01. The molecule has 2 aromatic rings. The molecule has 0 aliphatic carbocycles. The summed E-state index contributed by atoms with van der Waals surface area (Å²) in [6.45, 7) is 0.406. The number of benzene rings is 1. The highest BCUT2D eigenvalue weighted by atomic mass is 32.1. The minimum atomic E-state index is -0.685. The topological polar surface area (TPSA) is 107 Å². The SMILES string of the molecule is COc1cc(/C=C/C(=O)OCC(=O)Nc2sccc2C#N)cc2c1OCCO2. The number of thiophene rings is 1. The first-order valence-electron chi connectivity index (χ1n) is 8.20. The van der Waals surface area contributed by atoms with Gasteiger partial charge in [-0.2, -0.15) is 5.26 Å². The monoisotopic (exact) mass is 400 g/mol. The van der Waals surface area contributed by atoms with Gasteiger partial charge >= 0.3 is 5.97 Å². The zero-order valence-electron chi connectivity index (χ0n) is 14.9. The number of nitriles is 1. The molecule has 0 bridgehead atoms. The van der Waals surface area contributed by atoms with Crippen molar-refractivity contribution in [3.8, 4) is 23.3 Å². The molecule has 144 valence electrons. The van der Waals surface area contributed by atoms with Crippen molar-refractivity contribution in [3.05, 3.63) is 40.8 Å². The van der Waals surface area contributed by atoms with Crippen LogP contribution >= 0.6 is 11.3 Å². The zero-order valence-corrected chi connectivity index (χ0v) is 15.7. The first-order chi connectivity index (χ1) is 13.6. The summed E-state index contributed by atoms with van der Waals surface area (Å²) in [5.74, 6) is 0.337. The number of hydrogen-bond donors (Lipinski definition) is 1. The highest BCUT2D eigenvalue weighted by Gasteiger charge is 2.18. The lowest BCUT2D eigenvalue weighted by molar-refractivity contribution is -0.142. The van der Waals surface area contributed by atoms with Crippen LogP contribution < -0.4 is 19.5 Å². The van der Waals surface area contributed by atoms with Gasteiger partial charge in [0.25, 0.3) is 5.91 Å². The van der Waals surface area contributed by atoms with Crippen molar-refractivity contribution in [3.63, 3.8) is 0 Å². The molecule has 0 atom stereocenters. The molecule has 0 unspecified atom stereocenters. The van der Waals surface area contributed by atoms with Crippen LogP contribution in [0.15, 0.2) is 29.7 Å². The number of carbonyl (C=O) groups excluding carboxylic acids is 2. The Morgan fingerprint density at radius 2 is 2.18 bits per heavy atom. The normalized spacial score (nSPS) is 12.3. The molecule has 1 aromatic carbocycles. The van der Waals surface area contributed by atoms with E-state index in [0.717, 1.165) is 0 Å². The smallest absolute Gasteiger partial charge is 0.331 e. The van der Waals surface area contributed by atoms with Crippen LogP contribution in [0, 0.1) is 11.3 Å². The Labute approximate surface area is 164 Å². The van der Waals surface area contributed by atoms with Gasteiger partial charge in [0.05, 0.1) is 12.7 Å². The highest BCUT2D eigenvalue weighted by molar-refractivity contribution is 7.14. The van der Waals surface area contributed by atoms with Crippen LogP contribution in [0.1, 0.15) is 11.1 Å². The molecule has 1 aliphatic rings. The van der Waals surface area contributed by atoms with Crippen molar-refractivity contribution in [2.45, 2.75) is 0 Å². The number of ether oxygens (including phenoxy) is 4. The molecule has 0 saturated carbocycles. The fourth-order valence-electron chi connectivity index (χ4n) is 2.40. The summed E-state index contributed by atoms with van der Waals surface area (Å²) in [6, 6.07) is 6.97. The molecule has 0 saturated heterocycles. The van der Waals surface area contributed by atoms with Crippen molar-refractivity contribution in [1.82, 2.24) is 0 Å². The molecule has 8 nitrogen and oxygen atoms in total. The van der Waals surface area contributed by atoms with Crippen molar-refractivity contribution in [1.29, 1.82) is 5.26 Å². The third-order valence-corrected chi connectivity index (χ3v) is 4.48. The van der Waals surface area contributed by atoms with Gasteiger partial charge in [-0.25, -0.2) is 4.79 Å². The Kier molecular flexibility index (Phi) is 6.14. The predicted octanol–water partition coefficient (Wildman–Crippen LogP) is 2.59. The summed E-state index contributed by atoms with van der Waals surface area (Å²) in [4.78, 5) is 23.7. The van der Waals surface area contributed by atoms with Crippen LogP contribution in [0.25, 0.3) is 6.08 Å². The average molecular weight is 400 g/mol. The number of anilines is 1. The van der Waals surface area contributed by atoms with Gasteiger partial charge in [0.15, 0.2) is 18.1 Å². The molecule has 9 heteroatoms. The van der Waals surface area contributed by atoms with E-state index in [9.17, 15) is 9.59 Å². The number of nitrogens with zero attached hydrogens (tertiary/aromatic N) is 1. The van der Waals surface area contributed by atoms with Gasteiger partial charge in [0.1, 0.15) is 24.3 Å². The molecule has 1 amide bonds. The van der Waals surface area contributed by atoms with Crippen LogP contribution in [0.3, 0.4) is 0 Å². The van der Waals surface area contributed by atoms with Crippen molar-refractivity contribution in [2.75, 3.05) is 32.2 Å². The third kappa shape index (κ3) is 4.61. The fourth-order valence-corrected chi connectivity index (χ4v) is 3.15. The molecule has 0 radical (unpaired) electrons. The van der Waals surface area contributed by atoms with Crippen molar-refractivity contribution < 1.29 is 28.5 Å². The number of hydrogen-bond acceptors (Lipinski definition) is 8. The quantitative estimate of drug-likeness (QED) is 0.587. The van der Waals surface area contributed by atoms with Crippen LogP contribution in [-0.2, 0) is 14.3 Å². The fraction of sp³-hybridized carbons (Fsp3) is 0.211. The second-order valence-electron chi connectivity index (χ2n) is 5.51. The predicted molar refractivity (Wildman–Crippen MR) is 102 cm³/mol. The Hall–Kier alpha value is -3.51. The number of amides is 1. The maximum Gasteiger partial charge on any atom is 0.331 e. The van der Waals surface area contributed by atoms with Gasteiger partial charge in [-0.3, -0.25) is 4.79 Å². The first-order valence-corrected chi connectivity index (χ1v) is 9.08. The van der Waals surface area contributed by atoms with Gasteiger partial charge in [0, 0.05) is 6.08 Å². The number of esters is 1. The number of methoxy groups -OCH3 is 1. The lowest BCUT2D eigenvalue weighted by Gasteiger charge is -2.20. The molecule has 1 N–H and O–H groups in total. The maximum atomic E-state index is 11.9. The molecule has 1 aromatic heterocycles. The van der Waals surface area contributed by atoms with Gasteiger partial charge < -0.3 is 24.3 Å². The van der Waals surface area contributed by atoms with Crippen molar-refractivity contribution in [2.24, 2.45) is 0 Å². The lowest BCUT2D eigenvalue weighted by Crippen LogP contribution is -2.20. The third-order valence-electron chi connectivity index (χ3n) is 3.65. The summed E-state index contributed by atoms with van der Waals surface area (Å²) in [6.07, 6.45) is 2.72. The summed E-state index contributed by atoms with van der Waals surface area (Å²) >= 11 is 1.22. The lowest BCUT2D eigenvalue weighted by atomic mass is 10.1. The summed E-state index contributed by atoms with van der Waals surface area (Å²) in [7, 11) is 1.51. The van der Waals surface area contributed by atoms with Crippen LogP contribution in [0.4, 0.5) is 5.00 Å². The number of fused-ring (bicyclic) bond motifs is 1. The maximum absolute atomic E-state index is 11.9. The Bertz CT molecular complexity index is 943. The van der Waals surface area contributed by atoms with E-state index in [1.54, 1.807) is 23.6 Å². The molecular weight excluding hydrogens is 384 g/mol. The average Bonchev–Trinajstić information content (AvgIpc) is 3.17. The minimum absolute atomic E-state index is 0.358. The van der Waals surface area contributed by atoms with E-state index in [2.05, 4.69) is 5.32 Å². The van der Waals surface area contributed by atoms with E-state index >= 15 is 0 Å². The molecular formula is C19H16N2O6S. The molecule has 2 heterocycles. The second-order valence-corrected chi connectivity index (χ2v) is 6.43. The van der Waals surface area contributed by atoms with Crippen LogP contribution in [0.5, 0.6) is 17.2 Å². The van der Waals surface area contributed by atoms with Crippen LogP contribution in [-0.4, -0.2) is 38.8 Å². The number of nitrogens with one attached hydrogen (secondary N) is 1. The first kappa shape index (κ1) is 19.3. The van der Waals surface area contributed by atoms with Gasteiger partial charge in [0.2, 0.25) is 5.75 Å². The molecule has 28 heavy (non-hydrogen) atoms. The zero-order chi connectivity index (χ0) is 19.9. The van der Waals surface area contributed by atoms with E-state index in [1.165, 1.54) is 30.6 Å².